The Kier molecular flexibility index (Phi) is 6.89. The minimum Gasteiger partial charge on any atom is -0.456 e. The normalized spacial score (nSPS) is 11.9. The van der Waals surface area contributed by atoms with Gasteiger partial charge in [-0.3, -0.25) is 0 Å². The predicted molar refractivity (Wildman–Crippen MR) is 234 cm³/mol. The van der Waals surface area contributed by atoms with E-state index >= 15 is 0 Å². The van der Waals surface area contributed by atoms with Gasteiger partial charge < -0.3 is 4.42 Å². The molecule has 264 valence electrons. The molecule has 0 amide bonds. The molecule has 0 saturated heterocycles. The van der Waals surface area contributed by atoms with Crippen molar-refractivity contribution in [1.82, 2.24) is 15.0 Å². The minimum atomic E-state index is 0.629. The summed E-state index contributed by atoms with van der Waals surface area (Å²) in [5.74, 6) is 1.89. The van der Waals surface area contributed by atoms with Gasteiger partial charge in [-0.15, -0.1) is 0 Å². The van der Waals surface area contributed by atoms with E-state index in [9.17, 15) is 0 Å². The van der Waals surface area contributed by atoms with Crippen LogP contribution < -0.4 is 0 Å². The molecule has 0 atom stereocenters. The maximum absolute atomic E-state index is 6.28. The standard InChI is InChI=1S/C53H31N3O/c1-2-11-34(12-3-1)51-54-52(35-25-23-32(24-26-35)36-27-28-40-41-18-8-13-33-14-9-19-43(49(33)41)46(40)31-36)56-53(55-51)44-30-29-39(37-15-4-5-16-38(37)44)42-20-10-22-48-50(42)45-17-6-7-21-47(45)57-48/h1-31H. The molecule has 1 aliphatic rings. The molecule has 0 fully saturated rings. The molecule has 4 heteroatoms. The molecule has 0 bridgehead atoms. The van der Waals surface area contributed by atoms with Gasteiger partial charge in [-0.05, 0) is 90.3 Å². The quantitative estimate of drug-likeness (QED) is 0.177. The Balaban J connectivity index is 0.974. The first-order chi connectivity index (χ1) is 28.2. The van der Waals surface area contributed by atoms with Crippen LogP contribution >= 0.6 is 0 Å². The van der Waals surface area contributed by atoms with E-state index in [2.05, 4.69) is 152 Å². The van der Waals surface area contributed by atoms with Crippen molar-refractivity contribution < 1.29 is 4.42 Å². The summed E-state index contributed by atoms with van der Waals surface area (Å²) in [5, 5.41) is 7.04. The van der Waals surface area contributed by atoms with Crippen LogP contribution in [0, 0.1) is 0 Å². The Labute approximate surface area is 328 Å². The van der Waals surface area contributed by atoms with Crippen molar-refractivity contribution in [2.24, 2.45) is 0 Å². The molecule has 11 aromatic rings. The minimum absolute atomic E-state index is 0.629. The fourth-order valence-electron chi connectivity index (χ4n) is 8.85. The molecule has 0 N–H and O–H groups in total. The van der Waals surface area contributed by atoms with Crippen molar-refractivity contribution in [3.8, 4) is 78.7 Å². The summed E-state index contributed by atoms with van der Waals surface area (Å²) in [6.45, 7) is 0. The van der Waals surface area contributed by atoms with Gasteiger partial charge in [0.1, 0.15) is 11.2 Å². The van der Waals surface area contributed by atoms with E-state index in [0.29, 0.717) is 17.5 Å². The van der Waals surface area contributed by atoms with Gasteiger partial charge >= 0.3 is 0 Å². The van der Waals surface area contributed by atoms with Gasteiger partial charge in [0.15, 0.2) is 17.5 Å². The van der Waals surface area contributed by atoms with Gasteiger partial charge in [0.25, 0.3) is 0 Å². The average molecular weight is 726 g/mol. The van der Waals surface area contributed by atoms with Crippen LogP contribution in [-0.2, 0) is 0 Å². The number of para-hydroxylation sites is 1. The number of fused-ring (bicyclic) bond motifs is 7. The first kappa shape index (κ1) is 31.6. The molecule has 12 rings (SSSR count). The van der Waals surface area contributed by atoms with Crippen LogP contribution in [0.3, 0.4) is 0 Å². The topological polar surface area (TPSA) is 51.8 Å². The van der Waals surface area contributed by atoms with Crippen LogP contribution in [0.25, 0.3) is 122 Å². The molecule has 0 radical (unpaired) electrons. The average Bonchev–Trinajstić information content (AvgIpc) is 3.83. The van der Waals surface area contributed by atoms with Crippen LogP contribution in [-0.4, -0.2) is 15.0 Å². The Morgan fingerprint density at radius 3 is 1.58 bits per heavy atom. The van der Waals surface area contributed by atoms with Crippen LogP contribution in [0.1, 0.15) is 0 Å². The summed E-state index contributed by atoms with van der Waals surface area (Å²) >= 11 is 0. The molecular weight excluding hydrogens is 695 g/mol. The maximum atomic E-state index is 6.28. The van der Waals surface area contributed by atoms with Gasteiger partial charge in [-0.1, -0.05) is 164 Å². The first-order valence-corrected chi connectivity index (χ1v) is 19.3. The van der Waals surface area contributed by atoms with E-state index in [-0.39, 0.29) is 0 Å². The maximum Gasteiger partial charge on any atom is 0.164 e. The zero-order valence-electron chi connectivity index (χ0n) is 30.6. The zero-order chi connectivity index (χ0) is 37.5. The lowest BCUT2D eigenvalue weighted by molar-refractivity contribution is 0.669. The summed E-state index contributed by atoms with van der Waals surface area (Å²) in [6.07, 6.45) is 0. The Morgan fingerprint density at radius 2 is 0.807 bits per heavy atom. The van der Waals surface area contributed by atoms with Crippen LogP contribution in [0.2, 0.25) is 0 Å². The van der Waals surface area contributed by atoms with Crippen molar-refractivity contribution in [3.05, 3.63) is 188 Å². The largest absolute Gasteiger partial charge is 0.456 e. The SMILES string of the molecule is c1ccc(-c2nc(-c3ccc(-c4ccc5c(c4)-c4cccc6cccc-5c46)cc3)nc(-c3ccc(-c4cccc5oc6ccccc6c45)c4ccccc34)n2)cc1. The first-order valence-electron chi connectivity index (χ1n) is 19.3. The van der Waals surface area contributed by atoms with E-state index < -0.39 is 0 Å². The van der Waals surface area contributed by atoms with Crippen molar-refractivity contribution in [1.29, 1.82) is 0 Å². The zero-order valence-corrected chi connectivity index (χ0v) is 30.6. The molecule has 0 spiro atoms. The number of aromatic nitrogens is 3. The van der Waals surface area contributed by atoms with Crippen LogP contribution in [0.4, 0.5) is 0 Å². The van der Waals surface area contributed by atoms with Gasteiger partial charge in [-0.2, -0.15) is 0 Å². The van der Waals surface area contributed by atoms with E-state index in [0.717, 1.165) is 66.1 Å². The molecule has 0 aliphatic heterocycles. The Hall–Kier alpha value is -7.69. The molecular formula is C53H31N3O. The second-order valence-corrected chi connectivity index (χ2v) is 14.7. The van der Waals surface area contributed by atoms with E-state index in [1.807, 2.05) is 36.4 Å². The third-order valence-electron chi connectivity index (χ3n) is 11.5. The number of benzene rings is 9. The molecule has 57 heavy (non-hydrogen) atoms. The lowest BCUT2D eigenvalue weighted by Gasteiger charge is -2.14. The Morgan fingerprint density at radius 1 is 0.281 bits per heavy atom. The van der Waals surface area contributed by atoms with Crippen LogP contribution in [0.5, 0.6) is 0 Å². The van der Waals surface area contributed by atoms with Crippen molar-refractivity contribution in [3.63, 3.8) is 0 Å². The predicted octanol–water partition coefficient (Wildman–Crippen LogP) is 14.1. The molecule has 0 unspecified atom stereocenters. The summed E-state index contributed by atoms with van der Waals surface area (Å²) in [7, 11) is 0. The van der Waals surface area contributed by atoms with Gasteiger partial charge in [0, 0.05) is 27.5 Å². The number of nitrogens with zero attached hydrogens (tertiary/aromatic N) is 3. The van der Waals surface area contributed by atoms with Crippen LogP contribution in [0.15, 0.2) is 192 Å². The summed E-state index contributed by atoms with van der Waals surface area (Å²) < 4.78 is 6.28. The van der Waals surface area contributed by atoms with E-state index in [1.54, 1.807) is 0 Å². The summed E-state index contributed by atoms with van der Waals surface area (Å²) in [6, 6.07) is 66.2. The summed E-state index contributed by atoms with van der Waals surface area (Å²) in [4.78, 5) is 15.4. The summed E-state index contributed by atoms with van der Waals surface area (Å²) in [5.41, 5.74) is 14.3. The Bertz CT molecular complexity index is 3400. The molecule has 4 nitrogen and oxygen atoms in total. The fourth-order valence-corrected chi connectivity index (χ4v) is 8.85. The number of hydrogen-bond donors (Lipinski definition) is 0. The molecule has 2 heterocycles. The van der Waals surface area contributed by atoms with Crippen molar-refractivity contribution in [2.75, 3.05) is 0 Å². The monoisotopic (exact) mass is 725 g/mol. The highest BCUT2D eigenvalue weighted by Gasteiger charge is 2.22. The molecule has 0 saturated carbocycles. The fraction of sp³-hybridized carbons (Fsp3) is 0. The highest BCUT2D eigenvalue weighted by molar-refractivity contribution is 6.17. The highest BCUT2D eigenvalue weighted by Crippen LogP contribution is 2.48. The van der Waals surface area contributed by atoms with Gasteiger partial charge in [-0.25, -0.2) is 15.0 Å². The lowest BCUT2D eigenvalue weighted by atomic mass is 9.92. The molecule has 2 aromatic heterocycles. The third-order valence-corrected chi connectivity index (χ3v) is 11.5. The number of hydrogen-bond acceptors (Lipinski definition) is 4. The third kappa shape index (κ3) is 4.98. The second-order valence-electron chi connectivity index (χ2n) is 14.7. The van der Waals surface area contributed by atoms with Gasteiger partial charge in [0.05, 0.1) is 0 Å². The molecule has 9 aromatic carbocycles. The van der Waals surface area contributed by atoms with E-state index in [1.165, 1.54) is 38.6 Å². The lowest BCUT2D eigenvalue weighted by Crippen LogP contribution is -2.00. The smallest absolute Gasteiger partial charge is 0.164 e. The molecule has 1 aliphatic carbocycles. The number of furan rings is 1. The van der Waals surface area contributed by atoms with Gasteiger partial charge in [0.2, 0.25) is 0 Å². The number of rotatable bonds is 5. The second kappa shape index (κ2) is 12.4. The highest BCUT2D eigenvalue weighted by atomic mass is 16.3. The van der Waals surface area contributed by atoms with Crippen molar-refractivity contribution >= 4 is 43.5 Å². The van der Waals surface area contributed by atoms with Crippen molar-refractivity contribution in [2.45, 2.75) is 0 Å². The van der Waals surface area contributed by atoms with E-state index in [4.69, 9.17) is 19.4 Å².